The Hall–Kier alpha value is -0.630. The lowest BCUT2D eigenvalue weighted by molar-refractivity contribution is -0.109. The maximum absolute atomic E-state index is 12.5. The fourth-order valence-corrected chi connectivity index (χ4v) is 0.861. The van der Waals surface area contributed by atoms with Crippen molar-refractivity contribution in [3.8, 4) is 0 Å². The average Bonchev–Trinajstić information content (AvgIpc) is 1.98. The first-order valence-corrected chi connectivity index (χ1v) is 3.19. The second-order valence-electron chi connectivity index (χ2n) is 1.91. The number of alkyl halides is 1. The number of carbonyl (C=O) groups is 1. The quantitative estimate of drug-likeness (QED) is 0.424. The third kappa shape index (κ3) is 1.45. The van der Waals surface area contributed by atoms with Crippen LogP contribution in [-0.2, 0) is 4.79 Å². The van der Waals surface area contributed by atoms with Gasteiger partial charge in [-0.25, -0.2) is 4.39 Å². The van der Waals surface area contributed by atoms with E-state index in [0.717, 1.165) is 12.2 Å². The van der Waals surface area contributed by atoms with E-state index in [1.165, 1.54) is 6.08 Å². The minimum Gasteiger partial charge on any atom is -0.303 e. The third-order valence-electron chi connectivity index (χ3n) is 1.18. The van der Waals surface area contributed by atoms with Crippen molar-refractivity contribution in [3.63, 3.8) is 0 Å². The molecule has 1 rings (SSSR count). The summed E-state index contributed by atoms with van der Waals surface area (Å²) < 4.78 is 19.8. The molecule has 0 N–H and O–H groups in total. The summed E-state index contributed by atoms with van der Waals surface area (Å²) in [6.07, 6.45) is 3.66. The van der Waals surface area contributed by atoms with Crippen LogP contribution in [0.15, 0.2) is 24.1 Å². The summed E-state index contributed by atoms with van der Waals surface area (Å²) in [5, 5.41) is -0.778. The standard InChI is InChI=1S/C7H6ClFO/c8-7-2-1-6(9)3-5(7)4-10/h1-5,7H/i5D. The van der Waals surface area contributed by atoms with E-state index in [9.17, 15) is 9.18 Å². The molecular weight excluding hydrogens is 155 g/mol. The van der Waals surface area contributed by atoms with Gasteiger partial charge in [0.1, 0.15) is 12.1 Å². The number of hydrogen-bond acceptors (Lipinski definition) is 1. The number of aldehydes is 1. The van der Waals surface area contributed by atoms with Gasteiger partial charge < -0.3 is 4.79 Å². The number of rotatable bonds is 1. The van der Waals surface area contributed by atoms with Crippen LogP contribution in [0.5, 0.6) is 0 Å². The van der Waals surface area contributed by atoms with Crippen LogP contribution in [0.3, 0.4) is 0 Å². The highest BCUT2D eigenvalue weighted by Gasteiger charge is 2.17. The minimum absolute atomic E-state index is 0.327. The van der Waals surface area contributed by atoms with E-state index >= 15 is 0 Å². The first kappa shape index (κ1) is 6.10. The summed E-state index contributed by atoms with van der Waals surface area (Å²) >= 11 is 5.57. The Morgan fingerprint density at radius 3 is 3.10 bits per heavy atom. The van der Waals surface area contributed by atoms with Gasteiger partial charge in [0, 0.05) is 1.37 Å². The first-order chi connectivity index (χ1) is 5.08. The lowest BCUT2D eigenvalue weighted by atomic mass is 10.0. The Bertz CT molecular complexity index is 239. The largest absolute Gasteiger partial charge is 0.303 e. The van der Waals surface area contributed by atoms with Gasteiger partial charge in [-0.1, -0.05) is 6.08 Å². The first-order valence-electron chi connectivity index (χ1n) is 3.25. The molecule has 2 atom stereocenters. The van der Waals surface area contributed by atoms with Crippen molar-refractivity contribution in [2.75, 3.05) is 0 Å². The Kier molecular flexibility index (Phi) is 1.81. The molecule has 0 aliphatic heterocycles. The molecule has 3 heteroatoms. The van der Waals surface area contributed by atoms with Crippen molar-refractivity contribution in [1.82, 2.24) is 0 Å². The zero-order valence-electron chi connectivity index (χ0n) is 6.05. The molecule has 0 spiro atoms. The van der Waals surface area contributed by atoms with Crippen LogP contribution in [0.4, 0.5) is 4.39 Å². The van der Waals surface area contributed by atoms with Crippen molar-refractivity contribution in [2.45, 2.75) is 5.38 Å². The molecule has 0 aromatic heterocycles. The highest BCUT2D eigenvalue weighted by Crippen LogP contribution is 2.20. The van der Waals surface area contributed by atoms with Crippen LogP contribution in [0.25, 0.3) is 0 Å². The van der Waals surface area contributed by atoms with Gasteiger partial charge in [-0.05, 0) is 12.2 Å². The number of allylic oxidation sites excluding steroid dienone is 4. The molecule has 0 heterocycles. The Balaban J connectivity index is 2.98. The van der Waals surface area contributed by atoms with Gasteiger partial charge in [-0.3, -0.25) is 0 Å². The molecule has 0 bridgehead atoms. The maximum Gasteiger partial charge on any atom is 0.128 e. The molecule has 0 aromatic rings. The topological polar surface area (TPSA) is 17.1 Å². The van der Waals surface area contributed by atoms with E-state index in [-0.39, 0.29) is 0 Å². The SMILES string of the molecule is [2H]C1(C=O)C=C(F)C=CC1Cl. The van der Waals surface area contributed by atoms with Crippen LogP contribution in [0.1, 0.15) is 1.37 Å². The van der Waals surface area contributed by atoms with Crippen molar-refractivity contribution in [1.29, 1.82) is 0 Å². The predicted octanol–water partition coefficient (Wildman–Crippen LogP) is 1.83. The fourth-order valence-electron chi connectivity index (χ4n) is 0.673. The summed E-state index contributed by atoms with van der Waals surface area (Å²) in [4.78, 5) is 10.3. The fraction of sp³-hybridized carbons (Fsp3) is 0.286. The second kappa shape index (κ2) is 2.97. The zero-order valence-corrected chi connectivity index (χ0v) is 5.81. The normalized spacial score (nSPS) is 40.4. The number of hydrogen-bond donors (Lipinski definition) is 0. The van der Waals surface area contributed by atoms with Crippen molar-refractivity contribution >= 4 is 17.9 Å². The van der Waals surface area contributed by atoms with Crippen LogP contribution in [0.2, 0.25) is 0 Å². The molecule has 0 saturated carbocycles. The van der Waals surface area contributed by atoms with Gasteiger partial charge >= 0.3 is 0 Å². The number of carbonyl (C=O) groups excluding carboxylic acids is 1. The zero-order chi connectivity index (χ0) is 8.48. The van der Waals surface area contributed by atoms with Crippen molar-refractivity contribution in [3.05, 3.63) is 24.1 Å². The lowest BCUT2D eigenvalue weighted by Crippen LogP contribution is -2.14. The molecule has 1 aliphatic carbocycles. The Labute approximate surface area is 64.6 Å². The Morgan fingerprint density at radius 2 is 2.60 bits per heavy atom. The summed E-state index contributed by atoms with van der Waals surface area (Å²) in [5.41, 5.74) is 0. The van der Waals surface area contributed by atoms with E-state index in [1.54, 1.807) is 0 Å². The smallest absolute Gasteiger partial charge is 0.128 e. The third-order valence-corrected chi connectivity index (χ3v) is 1.58. The van der Waals surface area contributed by atoms with Gasteiger partial charge in [0.2, 0.25) is 0 Å². The van der Waals surface area contributed by atoms with Crippen LogP contribution < -0.4 is 0 Å². The van der Waals surface area contributed by atoms with Crippen LogP contribution in [0, 0.1) is 5.89 Å². The second-order valence-corrected chi connectivity index (χ2v) is 2.38. The van der Waals surface area contributed by atoms with Crippen LogP contribution in [-0.4, -0.2) is 11.7 Å². The predicted molar refractivity (Wildman–Crippen MR) is 37.5 cm³/mol. The minimum atomic E-state index is -1.64. The maximum atomic E-state index is 12.5. The van der Waals surface area contributed by atoms with Crippen molar-refractivity contribution < 1.29 is 10.6 Å². The Morgan fingerprint density at radius 1 is 1.90 bits per heavy atom. The molecule has 54 valence electrons. The van der Waals surface area contributed by atoms with Gasteiger partial charge in [-0.15, -0.1) is 11.6 Å². The molecule has 0 aromatic carbocycles. The van der Waals surface area contributed by atoms with Crippen molar-refractivity contribution in [2.24, 2.45) is 5.89 Å². The lowest BCUT2D eigenvalue weighted by Gasteiger charge is -2.11. The number of halogens is 2. The molecule has 0 saturated heterocycles. The van der Waals surface area contributed by atoms with Gasteiger partial charge in [0.05, 0.1) is 11.3 Å². The highest BCUT2D eigenvalue weighted by atomic mass is 35.5. The molecular formula is C7H6ClFO. The van der Waals surface area contributed by atoms with Crippen LogP contribution >= 0.6 is 11.6 Å². The van der Waals surface area contributed by atoms with E-state index in [4.69, 9.17) is 13.0 Å². The molecule has 2 unspecified atom stereocenters. The van der Waals surface area contributed by atoms with E-state index in [0.29, 0.717) is 6.29 Å². The highest BCUT2D eigenvalue weighted by molar-refractivity contribution is 6.23. The molecule has 0 radical (unpaired) electrons. The molecule has 10 heavy (non-hydrogen) atoms. The summed E-state index contributed by atoms with van der Waals surface area (Å²) in [6.45, 7) is 0. The summed E-state index contributed by atoms with van der Waals surface area (Å²) in [5.74, 6) is -2.23. The molecule has 0 fully saturated rings. The molecule has 1 aliphatic rings. The molecule has 0 amide bonds. The van der Waals surface area contributed by atoms with E-state index in [1.807, 2.05) is 0 Å². The van der Waals surface area contributed by atoms with Gasteiger partial charge in [-0.2, -0.15) is 0 Å². The average molecular weight is 162 g/mol. The summed E-state index contributed by atoms with van der Waals surface area (Å²) in [6, 6.07) is 0. The monoisotopic (exact) mass is 161 g/mol. The van der Waals surface area contributed by atoms with E-state index in [2.05, 4.69) is 0 Å². The molecule has 1 nitrogen and oxygen atoms in total. The van der Waals surface area contributed by atoms with Gasteiger partial charge in [0.15, 0.2) is 0 Å². The van der Waals surface area contributed by atoms with Gasteiger partial charge in [0.25, 0.3) is 0 Å². The van der Waals surface area contributed by atoms with E-state index < -0.39 is 17.1 Å². The summed E-state index contributed by atoms with van der Waals surface area (Å²) in [7, 11) is 0.